The summed E-state index contributed by atoms with van der Waals surface area (Å²) in [6.45, 7) is 3.23. The molecule has 3 N–H and O–H groups in total. The van der Waals surface area contributed by atoms with Crippen molar-refractivity contribution in [1.82, 2.24) is 0 Å². The molecule has 0 aliphatic heterocycles. The van der Waals surface area contributed by atoms with Crippen LogP contribution in [0.5, 0.6) is 0 Å². The van der Waals surface area contributed by atoms with Crippen molar-refractivity contribution in [2.24, 2.45) is 0 Å². The number of amides is 3. The van der Waals surface area contributed by atoms with Crippen molar-refractivity contribution in [3.05, 3.63) is 53.1 Å². The molecule has 0 unspecified atom stereocenters. The molecular weight excluding hydrogens is 342 g/mol. The first kappa shape index (κ1) is 18.5. The Kier molecular flexibility index (Phi) is 6.14. The molecule has 0 aliphatic rings. The summed E-state index contributed by atoms with van der Waals surface area (Å²) in [5, 5.41) is 8.52. The Morgan fingerprint density at radius 2 is 1.44 bits per heavy atom. The summed E-state index contributed by atoms with van der Waals surface area (Å²) in [5.41, 5.74) is 2.59. The largest absolute Gasteiger partial charge is 0.326 e. The Bertz CT molecular complexity index is 804. The van der Waals surface area contributed by atoms with Crippen molar-refractivity contribution in [3.8, 4) is 0 Å². The minimum atomic E-state index is -0.434. The molecule has 2 rings (SSSR count). The zero-order valence-corrected chi connectivity index (χ0v) is 14.6. The van der Waals surface area contributed by atoms with Crippen molar-refractivity contribution < 1.29 is 14.4 Å². The van der Waals surface area contributed by atoms with Crippen molar-refractivity contribution in [3.63, 3.8) is 0 Å². The van der Waals surface area contributed by atoms with Crippen LogP contribution in [0.3, 0.4) is 0 Å². The molecule has 0 bridgehead atoms. The Hall–Kier alpha value is -2.86. The topological polar surface area (TPSA) is 87.3 Å². The minimum absolute atomic E-state index is 0.175. The molecule has 0 aromatic heterocycles. The lowest BCUT2D eigenvalue weighted by Crippen LogP contribution is -2.21. The molecule has 130 valence electrons. The molecular formula is C18H18ClN3O3. The van der Waals surface area contributed by atoms with Gasteiger partial charge in [-0.3, -0.25) is 14.4 Å². The number of halogens is 1. The first-order chi connectivity index (χ1) is 11.8. The SMILES string of the molecule is CC(=O)Nc1ccc(NC(=O)CC(=O)Nc2ccc(Cl)cc2C)cc1. The van der Waals surface area contributed by atoms with Crippen LogP contribution in [0.2, 0.25) is 5.02 Å². The zero-order chi connectivity index (χ0) is 18.4. The number of benzene rings is 2. The van der Waals surface area contributed by atoms with Crippen LogP contribution in [0.15, 0.2) is 42.5 Å². The third-order valence-corrected chi connectivity index (χ3v) is 3.51. The quantitative estimate of drug-likeness (QED) is 0.713. The Balaban J connectivity index is 1.88. The second-order valence-electron chi connectivity index (χ2n) is 5.49. The zero-order valence-electron chi connectivity index (χ0n) is 13.9. The van der Waals surface area contributed by atoms with Gasteiger partial charge in [-0.15, -0.1) is 0 Å². The summed E-state index contributed by atoms with van der Waals surface area (Å²) in [7, 11) is 0. The number of aryl methyl sites for hydroxylation is 1. The van der Waals surface area contributed by atoms with Gasteiger partial charge in [0.1, 0.15) is 6.42 Å². The van der Waals surface area contributed by atoms with Crippen LogP contribution in [-0.4, -0.2) is 17.7 Å². The Morgan fingerprint density at radius 3 is 2.00 bits per heavy atom. The lowest BCUT2D eigenvalue weighted by atomic mass is 10.2. The van der Waals surface area contributed by atoms with E-state index in [1.807, 2.05) is 6.92 Å². The molecule has 0 saturated heterocycles. The Morgan fingerprint density at radius 1 is 0.880 bits per heavy atom. The summed E-state index contributed by atoms with van der Waals surface area (Å²) in [6, 6.07) is 11.7. The van der Waals surface area contributed by atoms with Crippen LogP contribution in [0, 0.1) is 6.92 Å². The molecule has 0 radical (unpaired) electrons. The number of hydrogen-bond donors (Lipinski definition) is 3. The highest BCUT2D eigenvalue weighted by Gasteiger charge is 2.11. The first-order valence-electron chi connectivity index (χ1n) is 7.57. The van der Waals surface area contributed by atoms with Crippen LogP contribution in [0.25, 0.3) is 0 Å². The highest BCUT2D eigenvalue weighted by Crippen LogP contribution is 2.20. The van der Waals surface area contributed by atoms with Crippen LogP contribution in [0.1, 0.15) is 18.9 Å². The number of rotatable bonds is 5. The average molecular weight is 360 g/mol. The number of nitrogens with one attached hydrogen (secondary N) is 3. The van der Waals surface area contributed by atoms with E-state index in [9.17, 15) is 14.4 Å². The lowest BCUT2D eigenvalue weighted by molar-refractivity contribution is -0.123. The summed E-state index contributed by atoms with van der Waals surface area (Å²) in [5.74, 6) is -1.03. The Labute approximate surface area is 150 Å². The molecule has 0 atom stereocenters. The van der Waals surface area contributed by atoms with Gasteiger partial charge < -0.3 is 16.0 Å². The monoisotopic (exact) mass is 359 g/mol. The summed E-state index contributed by atoms with van der Waals surface area (Å²) in [6.07, 6.45) is -0.310. The summed E-state index contributed by atoms with van der Waals surface area (Å²) >= 11 is 5.87. The van der Waals surface area contributed by atoms with Gasteiger partial charge in [0.15, 0.2) is 0 Å². The van der Waals surface area contributed by atoms with Gasteiger partial charge in [0.25, 0.3) is 0 Å². The third kappa shape index (κ3) is 5.93. The van der Waals surface area contributed by atoms with E-state index in [1.165, 1.54) is 6.92 Å². The molecule has 0 heterocycles. The molecule has 0 saturated carbocycles. The molecule has 0 aliphatic carbocycles. The van der Waals surface area contributed by atoms with Crippen LogP contribution >= 0.6 is 11.6 Å². The standard InChI is InChI=1S/C18H18ClN3O3/c1-11-9-13(19)3-8-16(11)22-18(25)10-17(24)21-15-6-4-14(5-7-15)20-12(2)23/h3-9H,10H2,1-2H3,(H,20,23)(H,21,24)(H,22,25). The van der Waals surface area contributed by atoms with Crippen molar-refractivity contribution in [2.75, 3.05) is 16.0 Å². The van der Waals surface area contributed by atoms with E-state index in [4.69, 9.17) is 11.6 Å². The highest BCUT2D eigenvalue weighted by molar-refractivity contribution is 6.30. The molecule has 7 heteroatoms. The van der Waals surface area contributed by atoms with E-state index in [0.717, 1.165) is 5.56 Å². The van der Waals surface area contributed by atoms with Crippen LogP contribution in [0.4, 0.5) is 17.1 Å². The molecule has 0 fully saturated rings. The van der Waals surface area contributed by atoms with E-state index in [-0.39, 0.29) is 12.3 Å². The molecule has 25 heavy (non-hydrogen) atoms. The molecule has 2 aromatic rings. The number of carbonyl (C=O) groups is 3. The summed E-state index contributed by atoms with van der Waals surface area (Å²) in [4.78, 5) is 34.9. The lowest BCUT2D eigenvalue weighted by Gasteiger charge is -2.09. The first-order valence-corrected chi connectivity index (χ1v) is 7.95. The van der Waals surface area contributed by atoms with Gasteiger partial charge in [-0.05, 0) is 55.0 Å². The minimum Gasteiger partial charge on any atom is -0.326 e. The maximum Gasteiger partial charge on any atom is 0.233 e. The van der Waals surface area contributed by atoms with Crippen LogP contribution < -0.4 is 16.0 Å². The van der Waals surface area contributed by atoms with E-state index in [1.54, 1.807) is 42.5 Å². The molecule has 2 aromatic carbocycles. The number of hydrogen-bond acceptors (Lipinski definition) is 3. The maximum absolute atomic E-state index is 12.0. The van der Waals surface area contributed by atoms with E-state index >= 15 is 0 Å². The van der Waals surface area contributed by atoms with Crippen molar-refractivity contribution >= 4 is 46.4 Å². The van der Waals surface area contributed by atoms with Crippen molar-refractivity contribution in [2.45, 2.75) is 20.3 Å². The molecule has 3 amide bonds. The normalized spacial score (nSPS) is 10.0. The van der Waals surface area contributed by atoms with Crippen molar-refractivity contribution in [1.29, 1.82) is 0 Å². The fraction of sp³-hybridized carbons (Fsp3) is 0.167. The predicted octanol–water partition coefficient (Wildman–Crippen LogP) is 3.57. The predicted molar refractivity (Wildman–Crippen MR) is 98.8 cm³/mol. The molecule has 6 nitrogen and oxygen atoms in total. The van der Waals surface area contributed by atoms with E-state index < -0.39 is 11.8 Å². The second kappa shape index (κ2) is 8.30. The van der Waals surface area contributed by atoms with Gasteiger partial charge in [-0.25, -0.2) is 0 Å². The maximum atomic E-state index is 12.0. The highest BCUT2D eigenvalue weighted by atomic mass is 35.5. The third-order valence-electron chi connectivity index (χ3n) is 3.27. The van der Waals surface area contributed by atoms with Gasteiger partial charge in [0.2, 0.25) is 17.7 Å². The summed E-state index contributed by atoms with van der Waals surface area (Å²) < 4.78 is 0. The van der Waals surface area contributed by atoms with Gasteiger partial charge in [0.05, 0.1) is 0 Å². The smallest absolute Gasteiger partial charge is 0.233 e. The van der Waals surface area contributed by atoms with Gasteiger partial charge >= 0.3 is 0 Å². The number of anilines is 3. The second-order valence-corrected chi connectivity index (χ2v) is 5.93. The number of carbonyl (C=O) groups excluding carboxylic acids is 3. The average Bonchev–Trinajstić information content (AvgIpc) is 2.51. The van der Waals surface area contributed by atoms with Crippen LogP contribution in [-0.2, 0) is 14.4 Å². The van der Waals surface area contributed by atoms with Gasteiger partial charge in [-0.1, -0.05) is 11.6 Å². The fourth-order valence-corrected chi connectivity index (χ4v) is 2.38. The van der Waals surface area contributed by atoms with E-state index in [2.05, 4.69) is 16.0 Å². The van der Waals surface area contributed by atoms with Gasteiger partial charge in [-0.2, -0.15) is 0 Å². The van der Waals surface area contributed by atoms with Gasteiger partial charge in [0, 0.05) is 29.0 Å². The fourth-order valence-electron chi connectivity index (χ4n) is 2.15. The van der Waals surface area contributed by atoms with E-state index in [0.29, 0.717) is 22.1 Å². The molecule has 0 spiro atoms.